The van der Waals surface area contributed by atoms with Crippen molar-refractivity contribution in [2.24, 2.45) is 0 Å². The van der Waals surface area contributed by atoms with Crippen molar-refractivity contribution in [3.05, 3.63) is 48.0 Å². The van der Waals surface area contributed by atoms with Gasteiger partial charge in [0.25, 0.3) is 11.1 Å². The molecule has 0 aliphatic rings. The number of carbonyl (C=O) groups is 1. The first-order valence-corrected chi connectivity index (χ1v) is 11.9. The van der Waals surface area contributed by atoms with Crippen molar-refractivity contribution in [1.29, 1.82) is 0 Å². The molecule has 33 heavy (non-hydrogen) atoms. The molecule has 3 aromatic heterocycles. The molecule has 0 bridgehead atoms. The van der Waals surface area contributed by atoms with Gasteiger partial charge in [0.05, 0.1) is 11.7 Å². The number of anilines is 2. The number of fused-ring (bicyclic) bond motifs is 1. The molecule has 178 valence electrons. The maximum atomic E-state index is 13.2. The summed E-state index contributed by atoms with van der Waals surface area (Å²) in [7, 11) is 0. The highest BCUT2D eigenvalue weighted by Crippen LogP contribution is 2.25. The average Bonchev–Trinajstić information content (AvgIpc) is 3.06. The maximum Gasteiger partial charge on any atom is 0.330 e. The molecule has 0 saturated heterocycles. The van der Waals surface area contributed by atoms with Crippen LogP contribution in [0.4, 0.5) is 11.5 Å². The highest BCUT2D eigenvalue weighted by atomic mass is 32.1. The number of nitrogens with one attached hydrogen (secondary N) is 1. The summed E-state index contributed by atoms with van der Waals surface area (Å²) in [5.74, 6) is -0.382. The lowest BCUT2D eigenvalue weighted by molar-refractivity contribution is -0.118. The van der Waals surface area contributed by atoms with E-state index in [-0.39, 0.29) is 42.5 Å². The molecule has 0 aromatic carbocycles. The molecular weight excluding hydrogens is 444 g/mol. The molecule has 0 saturated carbocycles. The fraction of sp³-hybridized carbons (Fsp3) is 0.500. The van der Waals surface area contributed by atoms with Gasteiger partial charge in [-0.15, -0.1) is 11.3 Å². The predicted octanol–water partition coefficient (Wildman–Crippen LogP) is 2.14. The van der Waals surface area contributed by atoms with Crippen molar-refractivity contribution in [2.75, 3.05) is 17.2 Å². The number of rotatable bonds is 9. The number of aryl methyl sites for hydroxylation is 3. The van der Waals surface area contributed by atoms with Crippen molar-refractivity contribution in [3.63, 3.8) is 0 Å². The van der Waals surface area contributed by atoms with Crippen LogP contribution in [0.15, 0.2) is 20.7 Å². The van der Waals surface area contributed by atoms with Crippen LogP contribution in [0, 0.1) is 13.8 Å². The molecule has 0 aliphatic heterocycles. The van der Waals surface area contributed by atoms with E-state index in [1.54, 1.807) is 0 Å². The normalized spacial score (nSPS) is 11.3. The summed E-state index contributed by atoms with van der Waals surface area (Å²) in [4.78, 5) is 60.7. The molecule has 3 N–H and O–H groups in total. The van der Waals surface area contributed by atoms with E-state index < -0.39 is 11.2 Å². The van der Waals surface area contributed by atoms with Gasteiger partial charge in [0.15, 0.2) is 5.69 Å². The topological polar surface area (TPSA) is 136 Å². The fourth-order valence-electron chi connectivity index (χ4n) is 3.74. The molecule has 0 aliphatic carbocycles. The van der Waals surface area contributed by atoms with Gasteiger partial charge in [-0.1, -0.05) is 20.3 Å². The Morgan fingerprint density at radius 1 is 1.18 bits per heavy atom. The molecule has 1 amide bonds. The van der Waals surface area contributed by atoms with E-state index in [9.17, 15) is 19.2 Å². The average molecular weight is 475 g/mol. The summed E-state index contributed by atoms with van der Waals surface area (Å²) >= 11 is 1.47. The molecule has 3 rings (SSSR count). The van der Waals surface area contributed by atoms with Gasteiger partial charge in [0.2, 0.25) is 5.91 Å². The van der Waals surface area contributed by atoms with Crippen molar-refractivity contribution in [2.45, 2.75) is 66.5 Å². The summed E-state index contributed by atoms with van der Waals surface area (Å²) in [5.41, 5.74) is 5.57. The van der Waals surface area contributed by atoms with E-state index in [0.29, 0.717) is 29.6 Å². The maximum absolute atomic E-state index is 13.2. The number of H-pyrrole nitrogens is 1. The summed E-state index contributed by atoms with van der Waals surface area (Å²) in [5, 5.41) is 0.572. The highest BCUT2D eigenvalue weighted by molar-refractivity contribution is 7.18. The van der Waals surface area contributed by atoms with Crippen molar-refractivity contribution in [1.82, 2.24) is 19.1 Å². The lowest BCUT2D eigenvalue weighted by atomic mass is 10.2. The second-order valence-electron chi connectivity index (χ2n) is 8.00. The van der Waals surface area contributed by atoms with Gasteiger partial charge in [-0.2, -0.15) is 0 Å². The van der Waals surface area contributed by atoms with Crippen LogP contribution >= 0.6 is 11.3 Å². The first-order valence-electron chi connectivity index (χ1n) is 11.1. The minimum absolute atomic E-state index is 0.0215. The number of hydrogen-bond acceptors (Lipinski definition) is 7. The summed E-state index contributed by atoms with van der Waals surface area (Å²) in [6.45, 7) is 8.41. The number of carbonyl (C=O) groups excluding carboxylic acids is 1. The van der Waals surface area contributed by atoms with Crippen LogP contribution in [0.25, 0.3) is 10.2 Å². The number of thiophene rings is 1. The van der Waals surface area contributed by atoms with E-state index in [4.69, 9.17) is 5.73 Å². The SMILES string of the molecule is CCCCN(C(=O)CCn1cnc2sc(C)c(C)c2c1=O)c1c(N)n(CCC)c(=O)[nH]c1=O. The first-order chi connectivity index (χ1) is 15.7. The van der Waals surface area contributed by atoms with Gasteiger partial charge >= 0.3 is 5.69 Å². The van der Waals surface area contributed by atoms with Crippen LogP contribution in [0.5, 0.6) is 0 Å². The van der Waals surface area contributed by atoms with E-state index >= 15 is 0 Å². The zero-order chi connectivity index (χ0) is 24.3. The third kappa shape index (κ3) is 4.77. The van der Waals surface area contributed by atoms with Crippen LogP contribution in [0.2, 0.25) is 0 Å². The Morgan fingerprint density at radius 2 is 1.91 bits per heavy atom. The van der Waals surface area contributed by atoms with Crippen LogP contribution in [-0.4, -0.2) is 31.6 Å². The number of amides is 1. The first kappa shape index (κ1) is 24.4. The zero-order valence-electron chi connectivity index (χ0n) is 19.4. The molecule has 0 unspecified atom stereocenters. The summed E-state index contributed by atoms with van der Waals surface area (Å²) in [6.07, 6.45) is 3.51. The predicted molar refractivity (Wildman–Crippen MR) is 131 cm³/mol. The van der Waals surface area contributed by atoms with E-state index in [1.807, 2.05) is 27.7 Å². The lowest BCUT2D eigenvalue weighted by Crippen LogP contribution is -2.42. The van der Waals surface area contributed by atoms with Gasteiger partial charge in [-0.3, -0.25) is 28.5 Å². The third-order valence-corrected chi connectivity index (χ3v) is 6.81. The van der Waals surface area contributed by atoms with Crippen molar-refractivity contribution >= 4 is 39.0 Å². The number of nitrogens with zero attached hydrogens (tertiary/aromatic N) is 4. The molecule has 3 heterocycles. The molecule has 0 radical (unpaired) electrons. The number of unbranched alkanes of at least 4 members (excludes halogenated alkanes) is 1. The molecular formula is C22H30N6O4S. The number of hydrogen-bond donors (Lipinski definition) is 2. The minimum Gasteiger partial charge on any atom is -0.383 e. The summed E-state index contributed by atoms with van der Waals surface area (Å²) < 4.78 is 2.69. The highest BCUT2D eigenvalue weighted by Gasteiger charge is 2.24. The lowest BCUT2D eigenvalue weighted by Gasteiger charge is -2.24. The zero-order valence-corrected chi connectivity index (χ0v) is 20.3. The molecule has 0 spiro atoms. The number of nitrogen functional groups attached to an aromatic ring is 1. The Hall–Kier alpha value is -3.21. The largest absolute Gasteiger partial charge is 0.383 e. The van der Waals surface area contributed by atoms with Crippen LogP contribution in [-0.2, 0) is 17.9 Å². The second-order valence-corrected chi connectivity index (χ2v) is 9.20. The van der Waals surface area contributed by atoms with Crippen LogP contribution in [0.3, 0.4) is 0 Å². The van der Waals surface area contributed by atoms with E-state index in [1.165, 1.54) is 31.7 Å². The number of aromatic nitrogens is 4. The van der Waals surface area contributed by atoms with Gasteiger partial charge in [0, 0.05) is 30.9 Å². The number of nitrogens with two attached hydrogens (primary N) is 1. The Kier molecular flexibility index (Phi) is 7.52. The molecule has 3 aromatic rings. The molecule has 11 heteroatoms. The molecule has 10 nitrogen and oxygen atoms in total. The Balaban J connectivity index is 1.94. The van der Waals surface area contributed by atoms with Crippen LogP contribution < -0.4 is 27.4 Å². The smallest absolute Gasteiger partial charge is 0.330 e. The summed E-state index contributed by atoms with van der Waals surface area (Å²) in [6, 6.07) is 0. The molecule has 0 fully saturated rings. The van der Waals surface area contributed by atoms with Crippen LogP contribution in [0.1, 0.15) is 50.0 Å². The Morgan fingerprint density at radius 3 is 2.58 bits per heavy atom. The molecule has 0 atom stereocenters. The van der Waals surface area contributed by atoms with Crippen molar-refractivity contribution in [3.8, 4) is 0 Å². The van der Waals surface area contributed by atoms with Crippen molar-refractivity contribution < 1.29 is 4.79 Å². The monoisotopic (exact) mass is 474 g/mol. The fourth-order valence-corrected chi connectivity index (χ4v) is 4.73. The van der Waals surface area contributed by atoms with Gasteiger partial charge in [-0.05, 0) is 32.3 Å². The van der Waals surface area contributed by atoms with Gasteiger partial charge in [-0.25, -0.2) is 9.78 Å². The second kappa shape index (κ2) is 10.2. The quantitative estimate of drug-likeness (QED) is 0.488. The third-order valence-electron chi connectivity index (χ3n) is 5.69. The minimum atomic E-state index is -0.695. The van der Waals surface area contributed by atoms with E-state index in [2.05, 4.69) is 9.97 Å². The number of aromatic amines is 1. The van der Waals surface area contributed by atoms with Gasteiger partial charge < -0.3 is 10.6 Å². The van der Waals surface area contributed by atoms with Gasteiger partial charge in [0.1, 0.15) is 10.6 Å². The standard InChI is InChI=1S/C22H30N6O4S/c1-5-7-10-27(17-18(23)28(9-6-2)22(32)25-19(17)30)15(29)8-11-26-12-24-20-16(21(26)31)13(3)14(4)33-20/h12H,5-11,23H2,1-4H3,(H,25,30,32). The van der Waals surface area contributed by atoms with E-state index in [0.717, 1.165) is 16.9 Å². The Labute approximate surface area is 194 Å². The Bertz CT molecular complexity index is 1350.